The Hall–Kier alpha value is -1.62. The Bertz CT molecular complexity index is 662. The predicted octanol–water partition coefficient (Wildman–Crippen LogP) is 3.59. The number of rotatable bonds is 4. The SMILES string of the molecule is Cc1cc(C)n(C2CN(Cc3cc(C4CCCCC4)no3)C2)n1. The summed E-state index contributed by atoms with van der Waals surface area (Å²) in [5.41, 5.74) is 3.54. The van der Waals surface area contributed by atoms with Gasteiger partial charge in [0.05, 0.1) is 24.0 Å². The van der Waals surface area contributed by atoms with Gasteiger partial charge in [-0.15, -0.1) is 0 Å². The molecule has 3 heterocycles. The van der Waals surface area contributed by atoms with Gasteiger partial charge in [-0.1, -0.05) is 24.4 Å². The third kappa shape index (κ3) is 3.07. The van der Waals surface area contributed by atoms with E-state index in [1.165, 1.54) is 43.5 Å². The fraction of sp³-hybridized carbons (Fsp3) is 0.667. The van der Waals surface area contributed by atoms with Gasteiger partial charge < -0.3 is 4.52 Å². The van der Waals surface area contributed by atoms with E-state index in [9.17, 15) is 0 Å². The van der Waals surface area contributed by atoms with E-state index in [4.69, 9.17) is 4.52 Å². The van der Waals surface area contributed by atoms with Crippen LogP contribution in [0.25, 0.3) is 0 Å². The molecule has 0 bridgehead atoms. The minimum Gasteiger partial charge on any atom is -0.360 e. The van der Waals surface area contributed by atoms with Gasteiger partial charge in [0.15, 0.2) is 5.76 Å². The molecule has 0 unspecified atom stereocenters. The van der Waals surface area contributed by atoms with E-state index in [1.54, 1.807) is 0 Å². The Balaban J connectivity index is 1.32. The first-order chi connectivity index (χ1) is 11.2. The Labute approximate surface area is 137 Å². The van der Waals surface area contributed by atoms with Crippen LogP contribution in [0, 0.1) is 13.8 Å². The quantitative estimate of drug-likeness (QED) is 0.865. The molecule has 0 atom stereocenters. The van der Waals surface area contributed by atoms with Crippen molar-refractivity contribution in [2.45, 2.75) is 64.5 Å². The zero-order valence-corrected chi connectivity index (χ0v) is 14.2. The largest absolute Gasteiger partial charge is 0.360 e. The molecule has 2 aliphatic rings. The summed E-state index contributed by atoms with van der Waals surface area (Å²) < 4.78 is 7.75. The molecule has 4 rings (SSSR count). The summed E-state index contributed by atoms with van der Waals surface area (Å²) in [5.74, 6) is 1.64. The standard InChI is InChI=1S/C18H26N4O/c1-13-8-14(2)22(19-13)16-10-21(11-16)12-17-9-18(20-23-17)15-6-4-3-5-7-15/h8-9,15-16H,3-7,10-12H2,1-2H3. The van der Waals surface area contributed by atoms with Gasteiger partial charge in [-0.2, -0.15) is 5.10 Å². The van der Waals surface area contributed by atoms with Gasteiger partial charge in [0.2, 0.25) is 0 Å². The van der Waals surface area contributed by atoms with Crippen LogP contribution in [0.2, 0.25) is 0 Å². The van der Waals surface area contributed by atoms with Crippen LogP contribution in [0.4, 0.5) is 0 Å². The van der Waals surface area contributed by atoms with Crippen LogP contribution in [0.3, 0.4) is 0 Å². The maximum Gasteiger partial charge on any atom is 0.150 e. The van der Waals surface area contributed by atoms with Crippen molar-refractivity contribution in [1.29, 1.82) is 0 Å². The van der Waals surface area contributed by atoms with Crippen LogP contribution >= 0.6 is 0 Å². The maximum absolute atomic E-state index is 5.58. The second-order valence-corrected chi connectivity index (χ2v) is 7.27. The van der Waals surface area contributed by atoms with Crippen molar-refractivity contribution < 1.29 is 4.52 Å². The summed E-state index contributed by atoms with van der Waals surface area (Å²) in [6.07, 6.45) is 6.60. The Morgan fingerprint density at radius 2 is 1.91 bits per heavy atom. The Kier molecular flexibility index (Phi) is 3.97. The van der Waals surface area contributed by atoms with Crippen molar-refractivity contribution in [1.82, 2.24) is 19.8 Å². The van der Waals surface area contributed by atoms with Gasteiger partial charge in [-0.3, -0.25) is 9.58 Å². The van der Waals surface area contributed by atoms with Gasteiger partial charge in [0, 0.05) is 30.8 Å². The average molecular weight is 314 g/mol. The molecule has 2 fully saturated rings. The molecule has 124 valence electrons. The van der Waals surface area contributed by atoms with Crippen molar-refractivity contribution in [3.05, 3.63) is 35.0 Å². The lowest BCUT2D eigenvalue weighted by Gasteiger charge is -2.39. The monoisotopic (exact) mass is 314 g/mol. The first-order valence-electron chi connectivity index (χ1n) is 8.89. The second kappa shape index (κ2) is 6.11. The molecule has 0 spiro atoms. The van der Waals surface area contributed by atoms with Crippen molar-refractivity contribution >= 4 is 0 Å². The molecule has 0 amide bonds. The van der Waals surface area contributed by atoms with Gasteiger partial charge in [0.1, 0.15) is 0 Å². The number of likely N-dealkylation sites (tertiary alicyclic amines) is 1. The summed E-state index contributed by atoms with van der Waals surface area (Å²) in [4.78, 5) is 2.41. The second-order valence-electron chi connectivity index (χ2n) is 7.27. The number of aromatic nitrogens is 3. The summed E-state index contributed by atoms with van der Waals surface area (Å²) >= 11 is 0. The highest BCUT2D eigenvalue weighted by Crippen LogP contribution is 2.32. The molecule has 1 aliphatic heterocycles. The molecule has 2 aromatic rings. The van der Waals surface area contributed by atoms with E-state index in [0.29, 0.717) is 12.0 Å². The first kappa shape index (κ1) is 14.9. The number of nitrogens with zero attached hydrogens (tertiary/aromatic N) is 4. The minimum atomic E-state index is 0.504. The molecule has 1 saturated heterocycles. The molecule has 5 heteroatoms. The van der Waals surface area contributed by atoms with E-state index < -0.39 is 0 Å². The summed E-state index contributed by atoms with van der Waals surface area (Å²) in [6.45, 7) is 7.15. The van der Waals surface area contributed by atoms with E-state index in [2.05, 4.69) is 45.8 Å². The van der Waals surface area contributed by atoms with Crippen molar-refractivity contribution in [3.8, 4) is 0 Å². The number of hydrogen-bond donors (Lipinski definition) is 0. The van der Waals surface area contributed by atoms with Gasteiger partial charge in [0.25, 0.3) is 0 Å². The maximum atomic E-state index is 5.58. The van der Waals surface area contributed by atoms with E-state index >= 15 is 0 Å². The molecule has 0 aromatic carbocycles. The van der Waals surface area contributed by atoms with Gasteiger partial charge in [-0.25, -0.2) is 0 Å². The highest BCUT2D eigenvalue weighted by atomic mass is 16.5. The fourth-order valence-electron chi connectivity index (χ4n) is 4.06. The number of hydrogen-bond acceptors (Lipinski definition) is 4. The summed E-state index contributed by atoms with van der Waals surface area (Å²) in [5, 5.41) is 8.92. The smallest absolute Gasteiger partial charge is 0.150 e. The van der Waals surface area contributed by atoms with Crippen LogP contribution in [-0.4, -0.2) is 32.9 Å². The lowest BCUT2D eigenvalue weighted by molar-refractivity contribution is 0.0795. The van der Waals surface area contributed by atoms with Crippen molar-refractivity contribution in [2.24, 2.45) is 0 Å². The average Bonchev–Trinajstić information content (AvgIpc) is 3.10. The molecule has 1 saturated carbocycles. The highest BCUT2D eigenvalue weighted by molar-refractivity contribution is 5.13. The van der Waals surface area contributed by atoms with Gasteiger partial charge >= 0.3 is 0 Å². The van der Waals surface area contributed by atoms with Crippen LogP contribution in [0.1, 0.15) is 66.9 Å². The molecule has 0 N–H and O–H groups in total. The molecular weight excluding hydrogens is 288 g/mol. The third-order valence-corrected chi connectivity index (χ3v) is 5.31. The van der Waals surface area contributed by atoms with E-state index in [1.807, 2.05) is 0 Å². The lowest BCUT2D eigenvalue weighted by Crippen LogP contribution is -2.47. The molecule has 23 heavy (non-hydrogen) atoms. The molecule has 5 nitrogen and oxygen atoms in total. The molecule has 2 aromatic heterocycles. The van der Waals surface area contributed by atoms with Crippen LogP contribution < -0.4 is 0 Å². The molecule has 1 aliphatic carbocycles. The topological polar surface area (TPSA) is 47.1 Å². The summed E-state index contributed by atoms with van der Waals surface area (Å²) in [7, 11) is 0. The Morgan fingerprint density at radius 3 is 2.61 bits per heavy atom. The normalized spacial score (nSPS) is 20.8. The van der Waals surface area contributed by atoms with Gasteiger partial charge in [-0.05, 0) is 32.8 Å². The zero-order chi connectivity index (χ0) is 15.8. The third-order valence-electron chi connectivity index (χ3n) is 5.31. The number of aryl methyl sites for hydroxylation is 2. The fourth-order valence-corrected chi connectivity index (χ4v) is 4.06. The highest BCUT2D eigenvalue weighted by Gasteiger charge is 2.30. The van der Waals surface area contributed by atoms with E-state index in [-0.39, 0.29) is 0 Å². The first-order valence-corrected chi connectivity index (χ1v) is 8.89. The van der Waals surface area contributed by atoms with Crippen molar-refractivity contribution in [3.63, 3.8) is 0 Å². The lowest BCUT2D eigenvalue weighted by atomic mass is 9.87. The van der Waals surface area contributed by atoms with Crippen LogP contribution in [0.15, 0.2) is 16.7 Å². The van der Waals surface area contributed by atoms with Crippen LogP contribution in [0.5, 0.6) is 0 Å². The van der Waals surface area contributed by atoms with E-state index in [0.717, 1.165) is 31.1 Å². The molecular formula is C18H26N4O. The Morgan fingerprint density at radius 1 is 1.13 bits per heavy atom. The zero-order valence-electron chi connectivity index (χ0n) is 14.2. The van der Waals surface area contributed by atoms with Crippen LogP contribution in [-0.2, 0) is 6.54 Å². The summed E-state index contributed by atoms with van der Waals surface area (Å²) in [6, 6.07) is 4.84. The molecule has 0 radical (unpaired) electrons. The minimum absolute atomic E-state index is 0.504. The van der Waals surface area contributed by atoms with Crippen molar-refractivity contribution in [2.75, 3.05) is 13.1 Å². The predicted molar refractivity (Wildman–Crippen MR) is 88.3 cm³/mol.